The fourth-order valence-electron chi connectivity index (χ4n) is 6.42. The number of nitrogens with zero attached hydrogens (tertiary/aromatic N) is 3. The molecule has 0 saturated heterocycles. The maximum absolute atomic E-state index is 6.42. The molecular formula is C35H23N3O2. The second-order valence-corrected chi connectivity index (χ2v) is 10.6. The van der Waals surface area contributed by atoms with Crippen LogP contribution in [0.2, 0.25) is 0 Å². The predicted octanol–water partition coefficient (Wildman–Crippen LogP) is 8.03. The van der Waals surface area contributed by atoms with E-state index in [4.69, 9.17) is 19.5 Å². The van der Waals surface area contributed by atoms with Crippen LogP contribution in [0.1, 0.15) is 22.7 Å². The Bertz CT molecular complexity index is 2180. The van der Waals surface area contributed by atoms with Gasteiger partial charge >= 0.3 is 0 Å². The topological polar surface area (TPSA) is 48.1 Å². The molecule has 9 rings (SSSR count). The van der Waals surface area contributed by atoms with Crippen molar-refractivity contribution < 1.29 is 9.47 Å². The van der Waals surface area contributed by atoms with Crippen molar-refractivity contribution in [3.05, 3.63) is 132 Å². The standard InChI is InChI=1S/C35H23N3O2/c1-2-11-25-21(8-1)19-32-33(25)37-35(40-32)22-9-7-10-23(18-22)39-24-16-17-26-27-12-3-5-14-30(27)38-31-15-6-4-13-29(31)36-34(38)28(26)20-24/h1-18,20,32-33H,19H2/t32-,33+/m1/s1. The van der Waals surface area contributed by atoms with E-state index in [9.17, 15) is 0 Å². The zero-order valence-corrected chi connectivity index (χ0v) is 21.5. The molecule has 0 fully saturated rings. The molecule has 0 bridgehead atoms. The number of aromatic nitrogens is 2. The zero-order chi connectivity index (χ0) is 26.2. The number of ether oxygens (including phenoxy) is 2. The summed E-state index contributed by atoms with van der Waals surface area (Å²) >= 11 is 0. The van der Waals surface area contributed by atoms with E-state index >= 15 is 0 Å². The van der Waals surface area contributed by atoms with Crippen LogP contribution in [0.15, 0.2) is 120 Å². The lowest BCUT2D eigenvalue weighted by Crippen LogP contribution is -2.13. The van der Waals surface area contributed by atoms with Crippen LogP contribution in [0.5, 0.6) is 11.5 Å². The minimum Gasteiger partial charge on any atom is -0.471 e. The molecule has 0 amide bonds. The molecule has 1 aliphatic carbocycles. The van der Waals surface area contributed by atoms with Crippen LogP contribution in [0, 0.1) is 0 Å². The van der Waals surface area contributed by atoms with Gasteiger partial charge in [0.2, 0.25) is 5.90 Å². The molecule has 2 aliphatic rings. The number of hydrogen-bond acceptors (Lipinski definition) is 4. The Labute approximate surface area is 229 Å². The first-order valence-electron chi connectivity index (χ1n) is 13.6. The molecule has 1 aliphatic heterocycles. The van der Waals surface area contributed by atoms with Crippen molar-refractivity contribution in [1.82, 2.24) is 9.38 Å². The van der Waals surface area contributed by atoms with Gasteiger partial charge in [-0.1, -0.05) is 60.7 Å². The average molecular weight is 518 g/mol. The van der Waals surface area contributed by atoms with Gasteiger partial charge in [-0.15, -0.1) is 0 Å². The van der Waals surface area contributed by atoms with Gasteiger partial charge in [0.15, 0.2) is 0 Å². The lowest BCUT2D eigenvalue weighted by molar-refractivity contribution is 0.206. The van der Waals surface area contributed by atoms with Crippen molar-refractivity contribution in [3.8, 4) is 11.5 Å². The third-order valence-electron chi connectivity index (χ3n) is 8.21. The normalized spacial score (nSPS) is 17.8. The summed E-state index contributed by atoms with van der Waals surface area (Å²) < 4.78 is 15.0. The van der Waals surface area contributed by atoms with Gasteiger partial charge in [0.05, 0.1) is 16.6 Å². The van der Waals surface area contributed by atoms with E-state index in [-0.39, 0.29) is 12.1 Å². The van der Waals surface area contributed by atoms with Gasteiger partial charge in [0, 0.05) is 22.8 Å². The van der Waals surface area contributed by atoms with Gasteiger partial charge in [-0.25, -0.2) is 9.98 Å². The molecule has 190 valence electrons. The van der Waals surface area contributed by atoms with Crippen LogP contribution in [0.4, 0.5) is 0 Å². The van der Waals surface area contributed by atoms with Crippen LogP contribution in [0.25, 0.3) is 38.4 Å². The number of para-hydroxylation sites is 3. The summed E-state index contributed by atoms with van der Waals surface area (Å²) in [5, 5.41) is 3.39. The third kappa shape index (κ3) is 3.15. The monoisotopic (exact) mass is 517 g/mol. The highest BCUT2D eigenvalue weighted by Gasteiger charge is 2.39. The summed E-state index contributed by atoms with van der Waals surface area (Å²) in [6.07, 6.45) is 0.965. The second-order valence-electron chi connectivity index (χ2n) is 10.6. The van der Waals surface area contributed by atoms with Crippen LogP contribution in [-0.2, 0) is 11.2 Å². The molecule has 0 radical (unpaired) electrons. The zero-order valence-electron chi connectivity index (χ0n) is 21.5. The Balaban J connectivity index is 1.12. The van der Waals surface area contributed by atoms with Gasteiger partial charge in [-0.05, 0) is 71.1 Å². The Hall–Kier alpha value is -5.16. The molecule has 7 aromatic rings. The summed E-state index contributed by atoms with van der Waals surface area (Å²) in [6, 6.07) is 39.6. The van der Waals surface area contributed by atoms with E-state index < -0.39 is 0 Å². The van der Waals surface area contributed by atoms with Gasteiger partial charge in [-0.3, -0.25) is 4.40 Å². The van der Waals surface area contributed by atoms with Crippen molar-refractivity contribution in [2.24, 2.45) is 4.99 Å². The van der Waals surface area contributed by atoms with Gasteiger partial charge in [-0.2, -0.15) is 0 Å². The van der Waals surface area contributed by atoms with Crippen LogP contribution >= 0.6 is 0 Å². The molecule has 2 aromatic heterocycles. The molecule has 0 unspecified atom stereocenters. The number of aliphatic imine (C=N–C) groups is 1. The maximum atomic E-state index is 6.42. The lowest BCUT2D eigenvalue weighted by Gasteiger charge is -2.12. The highest BCUT2D eigenvalue weighted by atomic mass is 16.5. The van der Waals surface area contributed by atoms with Crippen molar-refractivity contribution >= 4 is 44.3 Å². The van der Waals surface area contributed by atoms with E-state index in [1.54, 1.807) is 0 Å². The van der Waals surface area contributed by atoms with E-state index in [1.165, 1.54) is 16.5 Å². The van der Waals surface area contributed by atoms with Crippen LogP contribution in [-0.4, -0.2) is 21.4 Å². The number of imidazole rings is 1. The van der Waals surface area contributed by atoms with Crippen molar-refractivity contribution in [2.75, 3.05) is 0 Å². The van der Waals surface area contributed by atoms with Crippen LogP contribution in [0.3, 0.4) is 0 Å². The first-order chi connectivity index (χ1) is 19.8. The summed E-state index contributed by atoms with van der Waals surface area (Å²) in [4.78, 5) is 9.99. The Morgan fingerprint density at radius 3 is 2.50 bits per heavy atom. The first-order valence-corrected chi connectivity index (χ1v) is 13.6. The van der Waals surface area contributed by atoms with Gasteiger partial charge < -0.3 is 9.47 Å². The van der Waals surface area contributed by atoms with E-state index in [0.29, 0.717) is 5.90 Å². The molecule has 5 aromatic carbocycles. The fraction of sp³-hybridized carbons (Fsp3) is 0.0857. The number of fused-ring (bicyclic) bond motifs is 11. The maximum Gasteiger partial charge on any atom is 0.217 e. The van der Waals surface area contributed by atoms with Gasteiger partial charge in [0.25, 0.3) is 0 Å². The molecule has 3 heterocycles. The number of benzene rings is 5. The molecule has 5 heteroatoms. The average Bonchev–Trinajstić information content (AvgIpc) is 3.69. The van der Waals surface area contributed by atoms with Crippen molar-refractivity contribution in [2.45, 2.75) is 18.6 Å². The van der Waals surface area contributed by atoms with E-state index in [2.05, 4.69) is 83.3 Å². The minimum absolute atomic E-state index is 0.0681. The first kappa shape index (κ1) is 21.7. The molecule has 5 nitrogen and oxygen atoms in total. The SMILES string of the molecule is c1cc(Oc2ccc3c4ccccc4n4c5ccccc5nc4c3c2)cc(C2=N[C@H]3c4ccccc4C[C@H]3O2)c1. The third-order valence-corrected chi connectivity index (χ3v) is 8.21. The van der Waals surface area contributed by atoms with E-state index in [0.717, 1.165) is 56.5 Å². The molecule has 0 saturated carbocycles. The van der Waals surface area contributed by atoms with Crippen LogP contribution < -0.4 is 4.74 Å². The van der Waals surface area contributed by atoms with E-state index in [1.807, 2.05) is 36.4 Å². The smallest absolute Gasteiger partial charge is 0.217 e. The molecule has 2 atom stereocenters. The largest absolute Gasteiger partial charge is 0.471 e. The minimum atomic E-state index is 0.0681. The Morgan fingerprint density at radius 1 is 0.700 bits per heavy atom. The molecule has 0 N–H and O–H groups in total. The Morgan fingerprint density at radius 2 is 1.52 bits per heavy atom. The highest BCUT2D eigenvalue weighted by Crippen LogP contribution is 2.41. The number of rotatable bonds is 3. The number of hydrogen-bond donors (Lipinski definition) is 0. The quantitative estimate of drug-likeness (QED) is 0.223. The summed E-state index contributed by atoms with van der Waals surface area (Å²) in [6.45, 7) is 0. The Kier molecular flexibility index (Phi) is 4.44. The predicted molar refractivity (Wildman–Crippen MR) is 159 cm³/mol. The summed E-state index contributed by atoms with van der Waals surface area (Å²) in [7, 11) is 0. The molecule has 0 spiro atoms. The second kappa shape index (κ2) is 8.17. The lowest BCUT2D eigenvalue weighted by atomic mass is 10.1. The fourth-order valence-corrected chi connectivity index (χ4v) is 6.42. The molecular weight excluding hydrogens is 494 g/mol. The summed E-state index contributed by atoms with van der Waals surface area (Å²) in [5.74, 6) is 2.19. The number of pyridine rings is 1. The van der Waals surface area contributed by atoms with Crippen molar-refractivity contribution in [3.63, 3.8) is 0 Å². The highest BCUT2D eigenvalue weighted by molar-refractivity contribution is 6.14. The van der Waals surface area contributed by atoms with Gasteiger partial charge in [0.1, 0.15) is 29.3 Å². The molecule has 40 heavy (non-hydrogen) atoms. The summed E-state index contributed by atoms with van der Waals surface area (Å²) in [5.41, 5.74) is 7.68. The van der Waals surface area contributed by atoms with Crippen molar-refractivity contribution in [1.29, 1.82) is 0 Å².